The quantitative estimate of drug-likeness (QED) is 0.781. The van der Waals surface area contributed by atoms with Crippen LogP contribution >= 0.6 is 0 Å². The Bertz CT molecular complexity index is 424. The summed E-state index contributed by atoms with van der Waals surface area (Å²) in [5.74, 6) is 1.67. The average molecular weight is 219 g/mol. The largest absolute Gasteiger partial charge is 0.493 e. The lowest BCUT2D eigenvalue weighted by atomic mass is 9.95. The van der Waals surface area contributed by atoms with Crippen LogP contribution < -0.4 is 9.47 Å². The smallest absolute Gasteiger partial charge is 0.164 e. The first-order valence-corrected chi connectivity index (χ1v) is 5.59. The minimum absolute atomic E-state index is 0.804. The fraction of sp³-hybridized carbons (Fsp3) is 0.462. The fourth-order valence-corrected chi connectivity index (χ4v) is 2.20. The van der Waals surface area contributed by atoms with E-state index >= 15 is 0 Å². The molecule has 1 aliphatic heterocycles. The molecule has 1 aromatic carbocycles. The molecular formula is C13H17NO2. The third kappa shape index (κ3) is 1.66. The number of rotatable bonds is 3. The van der Waals surface area contributed by atoms with Crippen LogP contribution in [0.3, 0.4) is 0 Å². The van der Waals surface area contributed by atoms with E-state index in [4.69, 9.17) is 9.47 Å². The molecule has 1 heterocycles. The summed E-state index contributed by atoms with van der Waals surface area (Å²) in [6.07, 6.45) is 1.89. The van der Waals surface area contributed by atoms with Gasteiger partial charge >= 0.3 is 0 Å². The average Bonchev–Trinajstić information content (AvgIpc) is 2.36. The number of hydrogen-bond donors (Lipinski definition) is 0. The number of hydrogen-bond acceptors (Lipinski definition) is 3. The summed E-state index contributed by atoms with van der Waals surface area (Å²) >= 11 is 0. The number of fused-ring (bicyclic) bond motifs is 1. The molecule has 0 N–H and O–H groups in total. The van der Waals surface area contributed by atoms with Crippen LogP contribution in [-0.2, 0) is 6.42 Å². The van der Waals surface area contributed by atoms with Crippen molar-refractivity contribution in [1.29, 1.82) is 0 Å². The molecule has 2 rings (SSSR count). The second kappa shape index (κ2) is 4.56. The molecule has 1 aromatic rings. The molecular weight excluding hydrogens is 202 g/mol. The van der Waals surface area contributed by atoms with E-state index in [0.29, 0.717) is 0 Å². The van der Waals surface area contributed by atoms with E-state index in [1.807, 2.05) is 6.07 Å². The number of benzene rings is 1. The van der Waals surface area contributed by atoms with Gasteiger partial charge in [-0.25, -0.2) is 0 Å². The predicted octanol–water partition coefficient (Wildman–Crippen LogP) is 2.46. The molecule has 0 saturated carbocycles. The summed E-state index contributed by atoms with van der Waals surface area (Å²) in [5.41, 5.74) is 3.61. The second-order valence-electron chi connectivity index (χ2n) is 3.76. The van der Waals surface area contributed by atoms with E-state index in [2.05, 4.69) is 18.0 Å². The molecule has 3 nitrogen and oxygen atoms in total. The monoisotopic (exact) mass is 219 g/mol. The summed E-state index contributed by atoms with van der Waals surface area (Å²) in [6.45, 7) is 2.98. The fourth-order valence-electron chi connectivity index (χ4n) is 2.20. The first kappa shape index (κ1) is 11.0. The van der Waals surface area contributed by atoms with Gasteiger partial charge in [0.2, 0.25) is 0 Å². The highest BCUT2D eigenvalue weighted by molar-refractivity contribution is 6.03. The van der Waals surface area contributed by atoms with Crippen LogP contribution in [0.1, 0.15) is 24.5 Å². The topological polar surface area (TPSA) is 30.8 Å². The molecule has 0 amide bonds. The first-order valence-electron chi connectivity index (χ1n) is 5.59. The maximum absolute atomic E-state index is 5.45. The summed E-state index contributed by atoms with van der Waals surface area (Å²) in [5, 5.41) is 0. The zero-order chi connectivity index (χ0) is 11.5. The third-order valence-corrected chi connectivity index (χ3v) is 2.96. The molecule has 0 atom stereocenters. The van der Waals surface area contributed by atoms with Crippen molar-refractivity contribution in [3.8, 4) is 11.5 Å². The SMILES string of the molecule is CCC1=NCCc2c1ccc(OC)c2OC. The van der Waals surface area contributed by atoms with Crippen LogP contribution in [0, 0.1) is 0 Å². The predicted molar refractivity (Wildman–Crippen MR) is 64.9 cm³/mol. The Labute approximate surface area is 96.1 Å². The van der Waals surface area contributed by atoms with Crippen LogP contribution in [0.15, 0.2) is 17.1 Å². The van der Waals surface area contributed by atoms with Crippen molar-refractivity contribution in [2.75, 3.05) is 20.8 Å². The molecule has 0 aliphatic carbocycles. The van der Waals surface area contributed by atoms with Gasteiger partial charge in [0.05, 0.1) is 14.2 Å². The lowest BCUT2D eigenvalue weighted by molar-refractivity contribution is 0.351. The van der Waals surface area contributed by atoms with Crippen LogP contribution in [0.5, 0.6) is 11.5 Å². The van der Waals surface area contributed by atoms with Gasteiger partial charge in [0.15, 0.2) is 11.5 Å². The minimum atomic E-state index is 0.804. The second-order valence-corrected chi connectivity index (χ2v) is 3.76. The van der Waals surface area contributed by atoms with Gasteiger partial charge in [-0.2, -0.15) is 0 Å². The number of ether oxygens (including phenoxy) is 2. The molecule has 0 saturated heterocycles. The van der Waals surface area contributed by atoms with Crippen LogP contribution in [0.2, 0.25) is 0 Å². The van der Waals surface area contributed by atoms with Crippen molar-refractivity contribution in [2.45, 2.75) is 19.8 Å². The highest BCUT2D eigenvalue weighted by Crippen LogP contribution is 2.35. The lowest BCUT2D eigenvalue weighted by Crippen LogP contribution is -2.13. The molecule has 1 aliphatic rings. The Morgan fingerprint density at radius 2 is 2.06 bits per heavy atom. The molecule has 0 unspecified atom stereocenters. The zero-order valence-electron chi connectivity index (χ0n) is 10.0. The standard InChI is InChI=1S/C13H17NO2/c1-4-11-9-5-6-12(15-2)13(16-3)10(9)7-8-14-11/h5-6H,4,7-8H2,1-3H3. The molecule has 0 bridgehead atoms. The molecule has 0 spiro atoms. The van der Waals surface area contributed by atoms with Gasteiger partial charge < -0.3 is 9.47 Å². The van der Waals surface area contributed by atoms with Gasteiger partial charge in [-0.3, -0.25) is 4.99 Å². The van der Waals surface area contributed by atoms with Crippen LogP contribution in [0.4, 0.5) is 0 Å². The summed E-state index contributed by atoms with van der Waals surface area (Å²) in [6, 6.07) is 4.03. The van der Waals surface area contributed by atoms with E-state index in [0.717, 1.165) is 30.9 Å². The minimum Gasteiger partial charge on any atom is -0.493 e. The van der Waals surface area contributed by atoms with E-state index < -0.39 is 0 Å². The van der Waals surface area contributed by atoms with Gasteiger partial charge in [0.1, 0.15) is 0 Å². The van der Waals surface area contributed by atoms with Crippen LogP contribution in [0.25, 0.3) is 0 Å². The summed E-state index contributed by atoms with van der Waals surface area (Å²) in [7, 11) is 3.36. The van der Waals surface area contributed by atoms with Crippen molar-refractivity contribution in [1.82, 2.24) is 0 Å². The molecule has 0 radical (unpaired) electrons. The maximum atomic E-state index is 5.45. The Morgan fingerprint density at radius 1 is 1.25 bits per heavy atom. The van der Waals surface area contributed by atoms with Gasteiger partial charge in [-0.1, -0.05) is 6.92 Å². The van der Waals surface area contributed by atoms with Gasteiger partial charge in [-0.15, -0.1) is 0 Å². The molecule has 3 heteroatoms. The number of nitrogens with zero attached hydrogens (tertiary/aromatic N) is 1. The first-order chi connectivity index (χ1) is 7.81. The number of aliphatic imine (C=N–C) groups is 1. The lowest BCUT2D eigenvalue weighted by Gasteiger charge is -2.20. The zero-order valence-corrected chi connectivity index (χ0v) is 10.0. The molecule has 16 heavy (non-hydrogen) atoms. The van der Waals surface area contributed by atoms with Crippen molar-refractivity contribution in [3.63, 3.8) is 0 Å². The Hall–Kier alpha value is -1.51. The van der Waals surface area contributed by atoms with E-state index in [-0.39, 0.29) is 0 Å². The molecule has 0 aromatic heterocycles. The normalized spacial score (nSPS) is 14.1. The Kier molecular flexibility index (Phi) is 3.13. The van der Waals surface area contributed by atoms with E-state index in [1.165, 1.54) is 16.8 Å². The highest BCUT2D eigenvalue weighted by Gasteiger charge is 2.19. The Balaban J connectivity index is 2.57. The van der Waals surface area contributed by atoms with Gasteiger partial charge in [-0.05, 0) is 25.0 Å². The molecule has 86 valence electrons. The van der Waals surface area contributed by atoms with Crippen LogP contribution in [-0.4, -0.2) is 26.5 Å². The van der Waals surface area contributed by atoms with Crippen molar-refractivity contribution < 1.29 is 9.47 Å². The molecule has 0 fully saturated rings. The number of methoxy groups -OCH3 is 2. The van der Waals surface area contributed by atoms with Gasteiger partial charge in [0, 0.05) is 23.4 Å². The van der Waals surface area contributed by atoms with Crippen molar-refractivity contribution in [3.05, 3.63) is 23.3 Å². The maximum Gasteiger partial charge on any atom is 0.164 e. The van der Waals surface area contributed by atoms with E-state index in [1.54, 1.807) is 14.2 Å². The van der Waals surface area contributed by atoms with E-state index in [9.17, 15) is 0 Å². The van der Waals surface area contributed by atoms with Gasteiger partial charge in [0.25, 0.3) is 0 Å². The van der Waals surface area contributed by atoms with Crippen molar-refractivity contribution >= 4 is 5.71 Å². The highest BCUT2D eigenvalue weighted by atomic mass is 16.5. The summed E-state index contributed by atoms with van der Waals surface area (Å²) < 4.78 is 10.8. The van der Waals surface area contributed by atoms with Crippen molar-refractivity contribution in [2.24, 2.45) is 4.99 Å². The third-order valence-electron chi connectivity index (χ3n) is 2.96. The summed E-state index contributed by atoms with van der Waals surface area (Å²) in [4.78, 5) is 4.54. The Morgan fingerprint density at radius 3 is 2.69 bits per heavy atom.